The number of fused-ring (bicyclic) bond motifs is 1. The molecule has 4 nitrogen and oxygen atoms in total. The van der Waals surface area contributed by atoms with Crippen molar-refractivity contribution < 1.29 is 0 Å². The molecule has 0 saturated carbocycles. The van der Waals surface area contributed by atoms with Crippen molar-refractivity contribution >= 4 is 34.3 Å². The fraction of sp³-hybridized carbons (Fsp3) is 0.286. The highest BCUT2D eigenvalue weighted by Crippen LogP contribution is 2.21. The molecule has 2 N–H and O–H groups in total. The number of H-pyrrole nitrogens is 1. The molecule has 0 aliphatic carbocycles. The molecule has 0 unspecified atom stereocenters. The first-order valence-corrected chi connectivity index (χ1v) is 6.75. The zero-order valence-corrected chi connectivity index (χ0v) is 11.8. The van der Waals surface area contributed by atoms with Crippen LogP contribution < -0.4 is 5.32 Å². The van der Waals surface area contributed by atoms with Gasteiger partial charge in [-0.05, 0) is 38.2 Å². The number of aromatic nitrogens is 2. The van der Waals surface area contributed by atoms with Crippen molar-refractivity contribution in [3.8, 4) is 0 Å². The molecule has 1 saturated heterocycles. The Balaban J connectivity index is 1.93. The molecule has 2 aromatic rings. The summed E-state index contributed by atoms with van der Waals surface area (Å²) in [6.45, 7) is 5.14. The minimum absolute atomic E-state index is 0.415. The van der Waals surface area contributed by atoms with Crippen molar-refractivity contribution in [2.45, 2.75) is 19.9 Å². The standard InChI is InChI=1S/C14H16N4S/c1-9(2)18-8-11(17-14(18)19)5-10-6-16-13-7-15-4-3-12(10)13/h3-7,9,16H,8H2,1-2H3,(H,17,19)/b11-5-. The van der Waals surface area contributed by atoms with Crippen LogP contribution in [0.4, 0.5) is 0 Å². The molecule has 0 radical (unpaired) electrons. The number of hydrogen-bond donors (Lipinski definition) is 2. The predicted molar refractivity (Wildman–Crippen MR) is 81.6 cm³/mol. The second-order valence-electron chi connectivity index (χ2n) is 4.99. The fourth-order valence-electron chi connectivity index (χ4n) is 2.30. The Bertz CT molecular complexity index is 656. The lowest BCUT2D eigenvalue weighted by Gasteiger charge is -2.20. The Hall–Kier alpha value is -1.88. The van der Waals surface area contributed by atoms with Crippen LogP contribution in [0.2, 0.25) is 0 Å². The smallest absolute Gasteiger partial charge is 0.173 e. The molecule has 98 valence electrons. The van der Waals surface area contributed by atoms with Crippen LogP contribution in [0, 0.1) is 0 Å². The SMILES string of the molecule is CC(C)N1C/C(=C/c2c[nH]c3cnccc23)NC1=S. The molecule has 2 aromatic heterocycles. The first kappa shape index (κ1) is 12.2. The maximum atomic E-state index is 5.34. The largest absolute Gasteiger partial charge is 0.359 e. The van der Waals surface area contributed by atoms with Crippen LogP contribution in [0.25, 0.3) is 17.0 Å². The third kappa shape index (κ3) is 2.21. The van der Waals surface area contributed by atoms with E-state index in [0.29, 0.717) is 6.04 Å². The van der Waals surface area contributed by atoms with Gasteiger partial charge in [-0.2, -0.15) is 0 Å². The predicted octanol–water partition coefficient (Wildman–Crippen LogP) is 2.50. The lowest BCUT2D eigenvalue weighted by Crippen LogP contribution is -2.33. The maximum Gasteiger partial charge on any atom is 0.173 e. The van der Waals surface area contributed by atoms with E-state index in [1.807, 2.05) is 24.7 Å². The van der Waals surface area contributed by atoms with Gasteiger partial charge in [0.05, 0.1) is 18.3 Å². The van der Waals surface area contributed by atoms with Gasteiger partial charge in [-0.15, -0.1) is 0 Å². The average molecular weight is 272 g/mol. The van der Waals surface area contributed by atoms with E-state index >= 15 is 0 Å². The highest BCUT2D eigenvalue weighted by molar-refractivity contribution is 7.80. The number of nitrogens with one attached hydrogen (secondary N) is 2. The Morgan fingerprint density at radius 2 is 2.32 bits per heavy atom. The van der Waals surface area contributed by atoms with Crippen molar-refractivity contribution in [1.29, 1.82) is 0 Å². The highest BCUT2D eigenvalue weighted by Gasteiger charge is 2.22. The van der Waals surface area contributed by atoms with Crippen molar-refractivity contribution in [3.05, 3.63) is 35.9 Å². The van der Waals surface area contributed by atoms with E-state index in [-0.39, 0.29) is 0 Å². The average Bonchev–Trinajstić information content (AvgIpc) is 2.95. The van der Waals surface area contributed by atoms with Gasteiger partial charge >= 0.3 is 0 Å². The zero-order chi connectivity index (χ0) is 13.4. The lowest BCUT2D eigenvalue weighted by molar-refractivity contribution is 0.399. The van der Waals surface area contributed by atoms with Gasteiger partial charge in [0.1, 0.15) is 0 Å². The molecule has 5 heteroatoms. The Kier molecular flexibility index (Phi) is 2.98. The summed E-state index contributed by atoms with van der Waals surface area (Å²) < 4.78 is 0. The summed E-state index contributed by atoms with van der Waals surface area (Å²) >= 11 is 5.34. The second kappa shape index (κ2) is 4.66. The minimum atomic E-state index is 0.415. The van der Waals surface area contributed by atoms with E-state index in [4.69, 9.17) is 12.2 Å². The normalized spacial score (nSPS) is 17.7. The first-order valence-electron chi connectivity index (χ1n) is 6.34. The van der Waals surface area contributed by atoms with Crippen LogP contribution >= 0.6 is 12.2 Å². The van der Waals surface area contributed by atoms with Crippen LogP contribution in [-0.2, 0) is 0 Å². The van der Waals surface area contributed by atoms with Gasteiger partial charge in [-0.1, -0.05) is 0 Å². The Morgan fingerprint density at radius 1 is 1.47 bits per heavy atom. The molecule has 3 heterocycles. The molecule has 0 amide bonds. The summed E-state index contributed by atoms with van der Waals surface area (Å²) in [5, 5.41) is 5.26. The minimum Gasteiger partial charge on any atom is -0.359 e. The summed E-state index contributed by atoms with van der Waals surface area (Å²) in [5.74, 6) is 0. The first-order chi connectivity index (χ1) is 9.15. The molecular weight excluding hydrogens is 256 g/mol. The number of rotatable bonds is 2. The molecular formula is C14H16N4S. The zero-order valence-electron chi connectivity index (χ0n) is 11.0. The summed E-state index contributed by atoms with van der Waals surface area (Å²) in [6, 6.07) is 2.43. The van der Waals surface area contributed by atoms with Gasteiger partial charge < -0.3 is 15.2 Å². The van der Waals surface area contributed by atoms with E-state index in [0.717, 1.165) is 28.4 Å². The van der Waals surface area contributed by atoms with Gasteiger partial charge in [0.2, 0.25) is 0 Å². The summed E-state index contributed by atoms with van der Waals surface area (Å²) in [5.41, 5.74) is 3.35. The van der Waals surface area contributed by atoms with Crippen molar-refractivity contribution in [1.82, 2.24) is 20.2 Å². The van der Waals surface area contributed by atoms with E-state index in [1.54, 1.807) is 0 Å². The monoisotopic (exact) mass is 272 g/mol. The number of thiocarbonyl (C=S) groups is 1. The van der Waals surface area contributed by atoms with Gasteiger partial charge in [-0.25, -0.2) is 0 Å². The summed E-state index contributed by atoms with van der Waals surface area (Å²) in [6.07, 6.45) is 7.80. The number of aromatic amines is 1. The second-order valence-corrected chi connectivity index (χ2v) is 5.37. The van der Waals surface area contributed by atoms with Gasteiger partial charge in [-0.3, -0.25) is 4.98 Å². The number of nitrogens with zero attached hydrogens (tertiary/aromatic N) is 2. The van der Waals surface area contributed by atoms with E-state index < -0.39 is 0 Å². The molecule has 3 rings (SSSR count). The maximum absolute atomic E-state index is 5.34. The third-order valence-corrected chi connectivity index (χ3v) is 3.67. The van der Waals surface area contributed by atoms with Crippen molar-refractivity contribution in [2.24, 2.45) is 0 Å². The molecule has 0 aromatic carbocycles. The van der Waals surface area contributed by atoms with E-state index in [1.165, 1.54) is 5.39 Å². The van der Waals surface area contributed by atoms with Crippen LogP contribution in [0.15, 0.2) is 30.4 Å². The summed E-state index contributed by atoms with van der Waals surface area (Å²) in [7, 11) is 0. The number of pyridine rings is 1. The Morgan fingerprint density at radius 3 is 3.05 bits per heavy atom. The van der Waals surface area contributed by atoms with E-state index in [2.05, 4.69) is 40.1 Å². The molecule has 1 aliphatic heterocycles. The topological polar surface area (TPSA) is 44.0 Å². The fourth-order valence-corrected chi connectivity index (χ4v) is 2.71. The molecule has 1 aliphatic rings. The van der Waals surface area contributed by atoms with E-state index in [9.17, 15) is 0 Å². The van der Waals surface area contributed by atoms with Crippen LogP contribution in [0.5, 0.6) is 0 Å². The van der Waals surface area contributed by atoms with Crippen LogP contribution in [0.1, 0.15) is 19.4 Å². The van der Waals surface area contributed by atoms with Crippen molar-refractivity contribution in [2.75, 3.05) is 6.54 Å². The van der Waals surface area contributed by atoms with Crippen LogP contribution in [-0.4, -0.2) is 32.6 Å². The van der Waals surface area contributed by atoms with Gasteiger partial charge in [0.25, 0.3) is 0 Å². The highest BCUT2D eigenvalue weighted by atomic mass is 32.1. The summed E-state index contributed by atoms with van der Waals surface area (Å²) in [4.78, 5) is 9.51. The van der Waals surface area contributed by atoms with Gasteiger partial charge in [0.15, 0.2) is 5.11 Å². The molecule has 0 spiro atoms. The third-order valence-electron chi connectivity index (χ3n) is 3.34. The number of hydrogen-bond acceptors (Lipinski definition) is 2. The molecule has 19 heavy (non-hydrogen) atoms. The molecule has 0 bridgehead atoms. The van der Waals surface area contributed by atoms with Crippen molar-refractivity contribution in [3.63, 3.8) is 0 Å². The quantitative estimate of drug-likeness (QED) is 0.825. The molecule has 1 fully saturated rings. The molecule has 0 atom stereocenters. The van der Waals surface area contributed by atoms with Gasteiger partial charge in [0, 0.05) is 35.1 Å². The Labute approximate surface area is 117 Å². The van der Waals surface area contributed by atoms with Crippen LogP contribution in [0.3, 0.4) is 0 Å². The lowest BCUT2D eigenvalue weighted by atomic mass is 10.2.